The number of benzene rings is 3. The zero-order valence-electron chi connectivity index (χ0n) is 24.2. The lowest BCUT2D eigenvalue weighted by Gasteiger charge is -2.43. The van der Waals surface area contributed by atoms with Gasteiger partial charge in [0.05, 0.1) is 25.4 Å². The van der Waals surface area contributed by atoms with Crippen LogP contribution >= 0.6 is 0 Å². The van der Waals surface area contributed by atoms with Crippen molar-refractivity contribution in [3.05, 3.63) is 99.9 Å². The van der Waals surface area contributed by atoms with Crippen LogP contribution in [0.4, 0.5) is 27.6 Å². The fourth-order valence-electron chi connectivity index (χ4n) is 5.80. The summed E-state index contributed by atoms with van der Waals surface area (Å²) < 4.78 is 87.2. The molecule has 7 nitrogen and oxygen atoms in total. The first-order chi connectivity index (χ1) is 21.1. The molecule has 2 heterocycles. The zero-order chi connectivity index (χ0) is 31.5. The number of amides is 1. The second-order valence-electron chi connectivity index (χ2n) is 11.1. The van der Waals surface area contributed by atoms with Crippen molar-refractivity contribution in [1.82, 2.24) is 4.90 Å². The minimum atomic E-state index is -2.34. The van der Waals surface area contributed by atoms with E-state index in [2.05, 4.69) is 17.1 Å². The minimum absolute atomic E-state index is 0.0464. The number of ether oxygens (including phenoxy) is 3. The molecule has 0 aromatic heterocycles. The molecule has 0 aliphatic carbocycles. The molecule has 2 aliphatic heterocycles. The molecule has 44 heavy (non-hydrogen) atoms. The number of aliphatic hydroxyl groups excluding tert-OH is 1. The second kappa shape index (κ2) is 13.7. The fraction of sp³-hybridized carbons (Fsp3) is 0.406. The monoisotopic (exact) mass is 620 g/mol. The molecule has 0 unspecified atom stereocenters. The number of carbonyl (C=O) groups is 1. The van der Waals surface area contributed by atoms with Gasteiger partial charge < -0.3 is 24.6 Å². The standard InChI is InChI=1S/C32H33F5N2O5/c1-17-23(14-39-13-3-4-22(39)16-42-2)43-32(44-30(17)19-7-5-18(15-40)6-8-19)20-9-11-21(12-10-20)38-31(41)24-25(33)27(35)29(37)28(36)26(24)34/h5-12,17,22-23,30,32,40H,3-4,13-16H2,1-2H3,(H,38,41)/t17-,22-,23+,30+,32+/m0/s1. The Morgan fingerprint density at radius 1 is 0.932 bits per heavy atom. The van der Waals surface area contributed by atoms with Crippen LogP contribution in [0.25, 0.3) is 0 Å². The highest BCUT2D eigenvalue weighted by Gasteiger charge is 2.40. The van der Waals surface area contributed by atoms with Gasteiger partial charge in [-0.3, -0.25) is 9.69 Å². The number of hydrogen-bond acceptors (Lipinski definition) is 6. The molecule has 0 spiro atoms. The maximum Gasteiger partial charge on any atom is 0.261 e. The van der Waals surface area contributed by atoms with Crippen molar-refractivity contribution >= 4 is 11.6 Å². The average molecular weight is 621 g/mol. The van der Waals surface area contributed by atoms with Crippen LogP contribution in [0.5, 0.6) is 0 Å². The molecule has 3 aromatic carbocycles. The van der Waals surface area contributed by atoms with Crippen molar-refractivity contribution in [2.45, 2.75) is 50.9 Å². The van der Waals surface area contributed by atoms with E-state index in [4.69, 9.17) is 14.2 Å². The van der Waals surface area contributed by atoms with Gasteiger partial charge in [0.1, 0.15) is 5.56 Å². The van der Waals surface area contributed by atoms with Crippen LogP contribution in [0.2, 0.25) is 0 Å². The van der Waals surface area contributed by atoms with Gasteiger partial charge in [0.15, 0.2) is 29.6 Å². The normalized spacial score (nSPS) is 24.0. The molecule has 2 saturated heterocycles. The smallest absolute Gasteiger partial charge is 0.261 e. The number of halogens is 5. The van der Waals surface area contributed by atoms with Crippen LogP contribution in [0.1, 0.15) is 59.2 Å². The van der Waals surface area contributed by atoms with Gasteiger partial charge in [-0.2, -0.15) is 0 Å². The molecular formula is C32H33F5N2O5. The number of nitrogens with one attached hydrogen (secondary N) is 1. The Balaban J connectivity index is 1.37. The third-order valence-electron chi connectivity index (χ3n) is 8.27. The van der Waals surface area contributed by atoms with E-state index in [1.807, 2.05) is 24.3 Å². The van der Waals surface area contributed by atoms with E-state index in [1.54, 1.807) is 19.2 Å². The lowest BCUT2D eigenvalue weighted by atomic mass is 9.90. The van der Waals surface area contributed by atoms with Crippen LogP contribution in [-0.4, -0.2) is 54.9 Å². The van der Waals surface area contributed by atoms with Gasteiger partial charge in [-0.05, 0) is 42.6 Å². The van der Waals surface area contributed by atoms with Gasteiger partial charge in [0.2, 0.25) is 5.82 Å². The second-order valence-corrected chi connectivity index (χ2v) is 11.1. The highest BCUT2D eigenvalue weighted by molar-refractivity contribution is 6.04. The lowest BCUT2D eigenvalue weighted by Crippen LogP contribution is -2.46. The van der Waals surface area contributed by atoms with Gasteiger partial charge in [-0.15, -0.1) is 0 Å². The Morgan fingerprint density at radius 2 is 1.55 bits per heavy atom. The molecule has 0 bridgehead atoms. The van der Waals surface area contributed by atoms with Gasteiger partial charge >= 0.3 is 0 Å². The Kier molecular flexibility index (Phi) is 9.96. The molecule has 0 radical (unpaired) electrons. The minimum Gasteiger partial charge on any atom is -0.392 e. The molecule has 0 saturated carbocycles. The maximum atomic E-state index is 14.1. The van der Waals surface area contributed by atoms with E-state index in [0.717, 1.165) is 30.5 Å². The summed E-state index contributed by atoms with van der Waals surface area (Å²) in [5.74, 6) is -12.7. The lowest BCUT2D eigenvalue weighted by molar-refractivity contribution is -0.276. The van der Waals surface area contributed by atoms with Crippen molar-refractivity contribution in [3.8, 4) is 0 Å². The average Bonchev–Trinajstić information content (AvgIpc) is 3.47. The van der Waals surface area contributed by atoms with E-state index >= 15 is 0 Å². The molecule has 12 heteroatoms. The number of likely N-dealkylation sites (tertiary alicyclic amines) is 1. The summed E-state index contributed by atoms with van der Waals surface area (Å²) in [5.41, 5.74) is 0.742. The number of anilines is 1. The molecule has 2 aliphatic rings. The first-order valence-corrected chi connectivity index (χ1v) is 14.3. The van der Waals surface area contributed by atoms with Crippen molar-refractivity contribution < 1.29 is 46.1 Å². The zero-order valence-corrected chi connectivity index (χ0v) is 24.2. The molecular weight excluding hydrogens is 587 g/mol. The first kappa shape index (κ1) is 32.0. The summed E-state index contributed by atoms with van der Waals surface area (Å²) in [4.78, 5) is 14.9. The summed E-state index contributed by atoms with van der Waals surface area (Å²) in [6, 6.07) is 13.8. The van der Waals surface area contributed by atoms with Crippen molar-refractivity contribution in [1.29, 1.82) is 0 Å². The molecule has 236 valence electrons. The highest BCUT2D eigenvalue weighted by Crippen LogP contribution is 2.42. The van der Waals surface area contributed by atoms with E-state index in [-0.39, 0.29) is 36.5 Å². The number of nitrogens with zero attached hydrogens (tertiary/aromatic N) is 1. The van der Waals surface area contributed by atoms with Gasteiger partial charge in [0, 0.05) is 36.9 Å². The van der Waals surface area contributed by atoms with Crippen molar-refractivity contribution in [2.24, 2.45) is 5.92 Å². The van der Waals surface area contributed by atoms with Crippen molar-refractivity contribution in [3.63, 3.8) is 0 Å². The molecule has 2 N–H and O–H groups in total. The number of rotatable bonds is 9. The van der Waals surface area contributed by atoms with Crippen LogP contribution in [0.3, 0.4) is 0 Å². The summed E-state index contributed by atoms with van der Waals surface area (Å²) >= 11 is 0. The topological polar surface area (TPSA) is 80.3 Å². The fourth-order valence-corrected chi connectivity index (χ4v) is 5.80. The Morgan fingerprint density at radius 3 is 2.16 bits per heavy atom. The van der Waals surface area contributed by atoms with Crippen LogP contribution < -0.4 is 5.32 Å². The summed E-state index contributed by atoms with van der Waals surface area (Å²) in [5, 5.41) is 11.7. The van der Waals surface area contributed by atoms with Crippen LogP contribution in [0.15, 0.2) is 48.5 Å². The summed E-state index contributed by atoms with van der Waals surface area (Å²) in [7, 11) is 1.68. The van der Waals surface area contributed by atoms with Gasteiger partial charge in [-0.1, -0.05) is 43.3 Å². The van der Waals surface area contributed by atoms with Crippen molar-refractivity contribution in [2.75, 3.05) is 32.1 Å². The molecule has 3 aromatic rings. The van der Waals surface area contributed by atoms with Gasteiger partial charge in [0.25, 0.3) is 5.91 Å². The Bertz CT molecular complexity index is 1440. The summed E-state index contributed by atoms with van der Waals surface area (Å²) in [6.07, 6.45) is 0.673. The summed E-state index contributed by atoms with van der Waals surface area (Å²) in [6.45, 7) is 4.16. The van der Waals surface area contributed by atoms with E-state index in [1.165, 1.54) is 12.1 Å². The molecule has 5 atom stereocenters. The molecule has 5 rings (SSSR count). The van der Waals surface area contributed by atoms with E-state index in [9.17, 15) is 31.9 Å². The van der Waals surface area contributed by atoms with Gasteiger partial charge in [-0.25, -0.2) is 22.0 Å². The van der Waals surface area contributed by atoms with E-state index in [0.29, 0.717) is 18.7 Å². The first-order valence-electron chi connectivity index (χ1n) is 14.3. The predicted octanol–water partition coefficient (Wildman–Crippen LogP) is 6.03. The number of hydrogen-bond donors (Lipinski definition) is 2. The highest BCUT2D eigenvalue weighted by atomic mass is 19.2. The molecule has 2 fully saturated rings. The third-order valence-corrected chi connectivity index (χ3v) is 8.27. The largest absolute Gasteiger partial charge is 0.392 e. The SMILES string of the molecule is COC[C@@H]1CCCN1C[C@H]1O[C@@H](c2ccc(NC(=O)c3c(F)c(F)c(F)c(F)c3F)cc2)O[C@@H](c2ccc(CO)cc2)[C@H]1C. The van der Waals surface area contributed by atoms with Crippen LogP contribution in [-0.2, 0) is 20.8 Å². The number of aliphatic hydroxyl groups is 1. The Labute approximate surface area is 251 Å². The third kappa shape index (κ3) is 6.50. The van der Waals surface area contributed by atoms with Crippen LogP contribution in [0, 0.1) is 35.0 Å². The molecule has 1 amide bonds. The number of carbonyl (C=O) groups excluding carboxylic acids is 1. The van der Waals surface area contributed by atoms with E-state index < -0.39 is 46.8 Å². The Hall–Kier alpha value is -3.42. The number of methoxy groups -OCH3 is 1. The maximum absolute atomic E-state index is 14.1. The predicted molar refractivity (Wildman–Crippen MR) is 150 cm³/mol. The quantitative estimate of drug-likeness (QED) is 0.173.